The fraction of sp³-hybridized carbons (Fsp3) is 0.857. The molecule has 0 aliphatic rings. The number of hydrogen-bond donors (Lipinski definition) is 1. The minimum absolute atomic E-state index is 0.0880. The fourth-order valence-corrected chi connectivity index (χ4v) is 0.695. The van der Waals surface area contributed by atoms with Crippen LogP contribution in [0.2, 0.25) is 0 Å². The molecule has 2 heteroatoms. The van der Waals surface area contributed by atoms with Gasteiger partial charge in [-0.2, -0.15) is 0 Å². The van der Waals surface area contributed by atoms with Gasteiger partial charge in [0.1, 0.15) is 0 Å². The van der Waals surface area contributed by atoms with E-state index < -0.39 is 0 Å². The molecule has 0 saturated carbocycles. The lowest BCUT2D eigenvalue weighted by molar-refractivity contribution is 0.438. The average molecular weight is 128 g/mol. The molecule has 0 bridgehead atoms. The van der Waals surface area contributed by atoms with Crippen molar-refractivity contribution < 1.29 is 4.79 Å². The topological polar surface area (TPSA) is 29.1 Å². The lowest BCUT2D eigenvalue weighted by Crippen LogP contribution is -2.32. The summed E-state index contributed by atoms with van der Waals surface area (Å²) in [5.74, 6) is 0.396. The quantitative estimate of drug-likeness (QED) is 0.604. The van der Waals surface area contributed by atoms with Crippen LogP contribution in [0.4, 0.5) is 0 Å². The molecule has 0 rings (SSSR count). The molecule has 53 valence electrons. The second-order valence-corrected chi connectivity index (χ2v) is 2.27. The predicted molar refractivity (Wildman–Crippen MR) is 38.0 cm³/mol. The highest BCUT2D eigenvalue weighted by Crippen LogP contribution is 2.03. The minimum Gasteiger partial charge on any atom is -0.310 e. The summed E-state index contributed by atoms with van der Waals surface area (Å²) in [5, 5.41) is 2.88. The van der Waals surface area contributed by atoms with E-state index in [9.17, 15) is 4.79 Å². The Kier molecular flexibility index (Phi) is 4.32. The third-order valence-corrected chi connectivity index (χ3v) is 1.65. The summed E-state index contributed by atoms with van der Waals surface area (Å²) in [6.07, 6.45) is 2.96. The van der Waals surface area contributed by atoms with Gasteiger partial charge in [0.2, 0.25) is 6.29 Å². The van der Waals surface area contributed by atoms with Crippen LogP contribution < -0.4 is 5.32 Å². The molecular weight excluding hydrogens is 114 g/mol. The predicted octanol–water partition coefficient (Wildman–Crippen LogP) is 0.730. The van der Waals surface area contributed by atoms with Gasteiger partial charge in [-0.3, -0.25) is 4.79 Å². The van der Waals surface area contributed by atoms with E-state index in [-0.39, 0.29) is 6.04 Å². The number of likely N-dealkylation sites (N-methyl/N-ethyl adjacent to an activating group) is 1. The maximum Gasteiger partial charge on any atom is 0.217 e. The van der Waals surface area contributed by atoms with Crippen molar-refractivity contribution in [1.82, 2.24) is 5.32 Å². The van der Waals surface area contributed by atoms with Crippen LogP contribution >= 0.6 is 0 Å². The molecule has 0 aliphatic carbocycles. The van der Waals surface area contributed by atoms with Crippen LogP contribution in [0.15, 0.2) is 0 Å². The van der Waals surface area contributed by atoms with E-state index in [1.54, 1.807) is 7.05 Å². The Morgan fingerprint density at radius 3 is 2.33 bits per heavy atom. The van der Waals surface area contributed by atoms with Gasteiger partial charge in [0.15, 0.2) is 0 Å². The van der Waals surface area contributed by atoms with Gasteiger partial charge in [0.05, 0.1) is 6.04 Å². The van der Waals surface area contributed by atoms with Gasteiger partial charge in [-0.25, -0.2) is 0 Å². The van der Waals surface area contributed by atoms with Crippen molar-refractivity contribution in [2.75, 3.05) is 7.05 Å². The molecule has 1 radical (unpaired) electrons. The molecule has 0 spiro atoms. The van der Waals surface area contributed by atoms with Gasteiger partial charge >= 0.3 is 0 Å². The zero-order valence-electron chi connectivity index (χ0n) is 6.27. The van der Waals surface area contributed by atoms with Crippen LogP contribution in [-0.2, 0) is 4.79 Å². The van der Waals surface area contributed by atoms with E-state index >= 15 is 0 Å². The number of carbonyl (C=O) groups excluding carboxylic acids is 1. The van der Waals surface area contributed by atoms with Crippen LogP contribution in [-0.4, -0.2) is 19.4 Å². The Morgan fingerprint density at radius 2 is 2.22 bits per heavy atom. The summed E-state index contributed by atoms with van der Waals surface area (Å²) in [6, 6.07) is -0.0880. The average Bonchev–Trinajstić information content (AvgIpc) is 1.90. The van der Waals surface area contributed by atoms with Crippen molar-refractivity contribution in [1.29, 1.82) is 0 Å². The molecule has 1 unspecified atom stereocenters. The van der Waals surface area contributed by atoms with Crippen molar-refractivity contribution in [3.05, 3.63) is 0 Å². The summed E-state index contributed by atoms with van der Waals surface area (Å²) in [7, 11) is 1.78. The Bertz CT molecular complexity index is 83.0. The Labute approximate surface area is 56.6 Å². The Hall–Kier alpha value is -0.370. The molecule has 0 aromatic heterocycles. The third kappa shape index (κ3) is 2.61. The maximum atomic E-state index is 10.1. The minimum atomic E-state index is -0.0880. The van der Waals surface area contributed by atoms with Gasteiger partial charge in [0.25, 0.3) is 0 Å². The summed E-state index contributed by atoms with van der Waals surface area (Å²) in [6.45, 7) is 4.10. The summed E-state index contributed by atoms with van der Waals surface area (Å²) < 4.78 is 0. The summed E-state index contributed by atoms with van der Waals surface area (Å²) in [5.41, 5.74) is 0. The summed E-state index contributed by atoms with van der Waals surface area (Å²) >= 11 is 0. The van der Waals surface area contributed by atoms with E-state index in [1.807, 2.05) is 13.2 Å². The fourth-order valence-electron chi connectivity index (χ4n) is 0.695. The molecule has 0 aromatic carbocycles. The summed E-state index contributed by atoms with van der Waals surface area (Å²) in [4.78, 5) is 10.1. The standard InChI is InChI=1S/C7H14NO/c1-4-6(2)7(5-9)8-3/h6-8H,4H2,1-3H3/t6?,7-/m1/s1. The zero-order chi connectivity index (χ0) is 7.28. The number of hydrogen-bond acceptors (Lipinski definition) is 2. The van der Waals surface area contributed by atoms with Gasteiger partial charge < -0.3 is 5.32 Å². The Balaban J connectivity index is 3.63. The molecule has 0 amide bonds. The van der Waals surface area contributed by atoms with Crippen molar-refractivity contribution in [2.45, 2.75) is 26.3 Å². The van der Waals surface area contributed by atoms with E-state index in [0.717, 1.165) is 6.42 Å². The molecule has 0 fully saturated rings. The van der Waals surface area contributed by atoms with Crippen molar-refractivity contribution in [3.8, 4) is 0 Å². The first-order chi connectivity index (χ1) is 4.26. The first-order valence-electron chi connectivity index (χ1n) is 3.31. The molecule has 1 N–H and O–H groups in total. The van der Waals surface area contributed by atoms with Crippen LogP contribution in [0.25, 0.3) is 0 Å². The van der Waals surface area contributed by atoms with E-state index in [2.05, 4.69) is 12.2 Å². The van der Waals surface area contributed by atoms with E-state index in [0.29, 0.717) is 5.92 Å². The highest BCUT2D eigenvalue weighted by Gasteiger charge is 2.11. The molecule has 0 heterocycles. The van der Waals surface area contributed by atoms with Gasteiger partial charge in [0, 0.05) is 0 Å². The molecular formula is C7H14NO. The second kappa shape index (κ2) is 4.50. The maximum absolute atomic E-state index is 10.1. The van der Waals surface area contributed by atoms with Crippen LogP contribution in [0.1, 0.15) is 20.3 Å². The van der Waals surface area contributed by atoms with Crippen LogP contribution in [0, 0.1) is 5.92 Å². The first kappa shape index (κ1) is 8.63. The molecule has 0 aliphatic heterocycles. The Morgan fingerprint density at radius 1 is 1.67 bits per heavy atom. The monoisotopic (exact) mass is 128 g/mol. The number of nitrogens with one attached hydrogen (secondary N) is 1. The van der Waals surface area contributed by atoms with Crippen molar-refractivity contribution in [3.63, 3.8) is 0 Å². The van der Waals surface area contributed by atoms with E-state index in [4.69, 9.17) is 0 Å². The van der Waals surface area contributed by atoms with Crippen LogP contribution in [0.3, 0.4) is 0 Å². The number of rotatable bonds is 4. The smallest absolute Gasteiger partial charge is 0.217 e. The molecule has 0 aromatic rings. The highest BCUT2D eigenvalue weighted by molar-refractivity contribution is 5.58. The van der Waals surface area contributed by atoms with Gasteiger partial charge in [-0.1, -0.05) is 20.3 Å². The first-order valence-corrected chi connectivity index (χ1v) is 3.31. The van der Waals surface area contributed by atoms with Crippen LogP contribution in [0.5, 0.6) is 0 Å². The van der Waals surface area contributed by atoms with Gasteiger partial charge in [-0.15, -0.1) is 0 Å². The molecule has 0 saturated heterocycles. The lowest BCUT2D eigenvalue weighted by atomic mass is 10.0. The largest absolute Gasteiger partial charge is 0.310 e. The lowest BCUT2D eigenvalue weighted by Gasteiger charge is -2.13. The second-order valence-electron chi connectivity index (χ2n) is 2.27. The van der Waals surface area contributed by atoms with Crippen molar-refractivity contribution >= 4 is 6.29 Å². The molecule has 2 nitrogen and oxygen atoms in total. The normalized spacial score (nSPS) is 16.8. The molecule has 9 heavy (non-hydrogen) atoms. The van der Waals surface area contributed by atoms with E-state index in [1.165, 1.54) is 0 Å². The van der Waals surface area contributed by atoms with Crippen molar-refractivity contribution in [2.24, 2.45) is 5.92 Å². The molecule has 2 atom stereocenters. The van der Waals surface area contributed by atoms with Gasteiger partial charge in [-0.05, 0) is 13.0 Å². The zero-order valence-corrected chi connectivity index (χ0v) is 6.27. The SMILES string of the molecule is CCC(C)[C@@H]([C]=O)NC. The third-order valence-electron chi connectivity index (χ3n) is 1.65. The highest BCUT2D eigenvalue weighted by atomic mass is 16.1.